The summed E-state index contributed by atoms with van der Waals surface area (Å²) in [4.78, 5) is 18.1. The van der Waals surface area contributed by atoms with Crippen molar-refractivity contribution < 1.29 is 14.6 Å². The van der Waals surface area contributed by atoms with Crippen LogP contribution in [0.3, 0.4) is 0 Å². The molecule has 1 aromatic heterocycles. The molecule has 1 amide bonds. The van der Waals surface area contributed by atoms with Gasteiger partial charge in [0.05, 0.1) is 18.8 Å². The van der Waals surface area contributed by atoms with E-state index in [0.29, 0.717) is 32.7 Å². The van der Waals surface area contributed by atoms with Gasteiger partial charge >= 0.3 is 0 Å². The van der Waals surface area contributed by atoms with Crippen molar-refractivity contribution in [1.82, 2.24) is 19.7 Å². The lowest BCUT2D eigenvalue weighted by Gasteiger charge is -2.32. The Morgan fingerprint density at radius 2 is 2.29 bits per heavy atom. The zero-order chi connectivity index (χ0) is 15.5. The van der Waals surface area contributed by atoms with Crippen LogP contribution in [0.2, 0.25) is 0 Å². The molecule has 21 heavy (non-hydrogen) atoms. The molecule has 7 nitrogen and oxygen atoms in total. The minimum Gasteiger partial charge on any atom is -0.389 e. The molecule has 0 aromatic carbocycles. The summed E-state index contributed by atoms with van der Waals surface area (Å²) in [6.45, 7) is 5.65. The topological polar surface area (TPSA) is 80.5 Å². The highest BCUT2D eigenvalue weighted by Crippen LogP contribution is 2.26. The van der Waals surface area contributed by atoms with Gasteiger partial charge in [0.25, 0.3) is 0 Å². The first-order valence-electron chi connectivity index (χ1n) is 7.27. The van der Waals surface area contributed by atoms with Crippen LogP contribution in [0.15, 0.2) is 6.33 Å². The summed E-state index contributed by atoms with van der Waals surface area (Å²) in [6, 6.07) is 0. The Bertz CT molecular complexity index is 481. The summed E-state index contributed by atoms with van der Waals surface area (Å²) in [6.07, 6.45) is 2.80. The van der Waals surface area contributed by atoms with Crippen LogP contribution in [0, 0.1) is 0 Å². The second-order valence-corrected chi connectivity index (χ2v) is 6.16. The van der Waals surface area contributed by atoms with Gasteiger partial charge in [0.1, 0.15) is 12.2 Å². The molecule has 2 heterocycles. The molecular weight excluding hydrogens is 272 g/mol. The standard InChI is InChI=1S/C14H24N4O3/c1-14(2,20)9-18-13(15-10-16-18)11-4-5-12(19)17(8-11)6-7-21-3/h10-11,20H,4-9H2,1-3H3. The van der Waals surface area contributed by atoms with E-state index in [2.05, 4.69) is 10.1 Å². The molecule has 0 saturated carbocycles. The number of hydrogen-bond donors (Lipinski definition) is 1. The van der Waals surface area contributed by atoms with Crippen LogP contribution < -0.4 is 0 Å². The maximum Gasteiger partial charge on any atom is 0.222 e. The van der Waals surface area contributed by atoms with Crippen LogP contribution in [0.1, 0.15) is 38.4 Å². The molecule has 0 spiro atoms. The van der Waals surface area contributed by atoms with E-state index in [9.17, 15) is 9.90 Å². The number of carbonyl (C=O) groups is 1. The van der Waals surface area contributed by atoms with Gasteiger partial charge < -0.3 is 14.7 Å². The van der Waals surface area contributed by atoms with E-state index >= 15 is 0 Å². The monoisotopic (exact) mass is 296 g/mol. The van der Waals surface area contributed by atoms with Crippen LogP contribution in [0.4, 0.5) is 0 Å². The van der Waals surface area contributed by atoms with Crippen molar-refractivity contribution in [3.63, 3.8) is 0 Å². The molecule has 1 fully saturated rings. The van der Waals surface area contributed by atoms with Crippen molar-refractivity contribution in [2.75, 3.05) is 26.8 Å². The number of nitrogens with zero attached hydrogens (tertiary/aromatic N) is 4. The third-order valence-electron chi connectivity index (χ3n) is 3.61. The van der Waals surface area contributed by atoms with E-state index in [1.165, 1.54) is 6.33 Å². The normalized spacial score (nSPS) is 20.1. The number of piperidine rings is 1. The second kappa shape index (κ2) is 6.53. The van der Waals surface area contributed by atoms with Gasteiger partial charge in [-0.1, -0.05) is 0 Å². The van der Waals surface area contributed by atoms with E-state index < -0.39 is 5.60 Å². The molecule has 1 aliphatic heterocycles. The average Bonchev–Trinajstić information content (AvgIpc) is 2.83. The van der Waals surface area contributed by atoms with Gasteiger partial charge in [-0.3, -0.25) is 4.79 Å². The lowest BCUT2D eigenvalue weighted by molar-refractivity contribution is -0.134. The molecule has 0 bridgehead atoms. The predicted octanol–water partition coefficient (Wildman–Crippen LogP) is 0.401. The summed E-state index contributed by atoms with van der Waals surface area (Å²) in [5, 5.41) is 14.2. The lowest BCUT2D eigenvalue weighted by atomic mass is 9.96. The minimum absolute atomic E-state index is 0.157. The van der Waals surface area contributed by atoms with Crippen LogP contribution in [0.5, 0.6) is 0 Å². The summed E-state index contributed by atoms with van der Waals surface area (Å²) >= 11 is 0. The Morgan fingerprint density at radius 1 is 1.52 bits per heavy atom. The van der Waals surface area contributed by atoms with Crippen molar-refractivity contribution in [3.05, 3.63) is 12.2 Å². The number of hydrogen-bond acceptors (Lipinski definition) is 5. The van der Waals surface area contributed by atoms with Crippen LogP contribution in [-0.2, 0) is 16.1 Å². The molecule has 1 N–H and O–H groups in total. The van der Waals surface area contributed by atoms with Crippen LogP contribution in [-0.4, -0.2) is 63.1 Å². The average molecular weight is 296 g/mol. The van der Waals surface area contributed by atoms with Crippen LogP contribution >= 0.6 is 0 Å². The molecule has 1 aromatic rings. The van der Waals surface area contributed by atoms with Gasteiger partial charge in [-0.05, 0) is 20.3 Å². The zero-order valence-corrected chi connectivity index (χ0v) is 12.9. The Kier molecular flexibility index (Phi) is 4.95. The van der Waals surface area contributed by atoms with E-state index in [4.69, 9.17) is 4.74 Å². The Balaban J connectivity index is 2.08. The third-order valence-corrected chi connectivity index (χ3v) is 3.61. The van der Waals surface area contributed by atoms with Gasteiger partial charge in [0.15, 0.2) is 0 Å². The number of rotatable bonds is 6. The van der Waals surface area contributed by atoms with Gasteiger partial charge in [0, 0.05) is 32.5 Å². The van der Waals surface area contributed by atoms with Gasteiger partial charge in [-0.2, -0.15) is 5.10 Å². The van der Waals surface area contributed by atoms with Crippen molar-refractivity contribution in [2.24, 2.45) is 0 Å². The van der Waals surface area contributed by atoms with Gasteiger partial charge in [-0.25, -0.2) is 9.67 Å². The Labute approximate surface area is 124 Å². The highest BCUT2D eigenvalue weighted by Gasteiger charge is 2.30. The highest BCUT2D eigenvalue weighted by molar-refractivity contribution is 5.77. The molecule has 2 rings (SSSR count). The first-order valence-corrected chi connectivity index (χ1v) is 7.27. The Morgan fingerprint density at radius 3 is 2.95 bits per heavy atom. The first kappa shape index (κ1) is 15.9. The van der Waals surface area contributed by atoms with Crippen molar-refractivity contribution in [1.29, 1.82) is 0 Å². The third kappa shape index (κ3) is 4.25. The van der Waals surface area contributed by atoms with Crippen molar-refractivity contribution in [3.8, 4) is 0 Å². The smallest absolute Gasteiger partial charge is 0.222 e. The zero-order valence-electron chi connectivity index (χ0n) is 12.9. The van der Waals surface area contributed by atoms with E-state index in [1.54, 1.807) is 25.6 Å². The van der Waals surface area contributed by atoms with E-state index in [1.807, 2.05) is 4.90 Å². The fourth-order valence-electron chi connectivity index (χ4n) is 2.62. The number of methoxy groups -OCH3 is 1. The van der Waals surface area contributed by atoms with E-state index in [-0.39, 0.29) is 11.8 Å². The molecule has 118 valence electrons. The lowest BCUT2D eigenvalue weighted by Crippen LogP contribution is -2.42. The maximum atomic E-state index is 11.9. The predicted molar refractivity (Wildman–Crippen MR) is 76.8 cm³/mol. The summed E-state index contributed by atoms with van der Waals surface area (Å²) in [5.74, 6) is 1.16. The van der Waals surface area contributed by atoms with E-state index in [0.717, 1.165) is 12.2 Å². The fourth-order valence-corrected chi connectivity index (χ4v) is 2.62. The minimum atomic E-state index is -0.845. The SMILES string of the molecule is COCCN1CC(c2ncnn2CC(C)(C)O)CCC1=O. The quantitative estimate of drug-likeness (QED) is 0.822. The maximum absolute atomic E-state index is 11.9. The molecule has 1 atom stereocenters. The first-order chi connectivity index (χ1) is 9.90. The summed E-state index contributed by atoms with van der Waals surface area (Å²) in [7, 11) is 1.63. The number of ether oxygens (including phenoxy) is 1. The Hall–Kier alpha value is -1.47. The summed E-state index contributed by atoms with van der Waals surface area (Å²) in [5.41, 5.74) is -0.845. The van der Waals surface area contributed by atoms with Crippen molar-refractivity contribution in [2.45, 2.75) is 44.8 Å². The number of aliphatic hydroxyl groups is 1. The van der Waals surface area contributed by atoms with Crippen molar-refractivity contribution >= 4 is 5.91 Å². The number of aromatic nitrogens is 3. The molecule has 0 radical (unpaired) electrons. The number of carbonyl (C=O) groups excluding carboxylic acids is 1. The van der Waals surface area contributed by atoms with Gasteiger partial charge in [0.2, 0.25) is 5.91 Å². The molecular formula is C14H24N4O3. The molecule has 7 heteroatoms. The van der Waals surface area contributed by atoms with Crippen LogP contribution in [0.25, 0.3) is 0 Å². The largest absolute Gasteiger partial charge is 0.389 e. The molecule has 0 aliphatic carbocycles. The summed E-state index contributed by atoms with van der Waals surface area (Å²) < 4.78 is 6.79. The molecule has 1 aliphatic rings. The molecule has 1 unspecified atom stereocenters. The fraction of sp³-hybridized carbons (Fsp3) is 0.786. The number of amides is 1. The second-order valence-electron chi connectivity index (χ2n) is 6.16. The highest BCUT2D eigenvalue weighted by atomic mass is 16.5. The van der Waals surface area contributed by atoms with Gasteiger partial charge in [-0.15, -0.1) is 0 Å². The molecule has 1 saturated heterocycles. The number of likely N-dealkylation sites (tertiary alicyclic amines) is 1.